The Bertz CT molecular complexity index is 609. The summed E-state index contributed by atoms with van der Waals surface area (Å²) in [5.41, 5.74) is 0.876. The highest BCUT2D eigenvalue weighted by Crippen LogP contribution is 2.27. The number of hydrogen-bond acceptors (Lipinski definition) is 3. The van der Waals surface area contributed by atoms with Gasteiger partial charge in [0.1, 0.15) is 0 Å². The lowest BCUT2D eigenvalue weighted by atomic mass is 9.96. The first-order valence-corrected chi connectivity index (χ1v) is 9.02. The maximum Gasteiger partial charge on any atom is 0.228 e. The zero-order chi connectivity index (χ0) is 17.6. The smallest absolute Gasteiger partial charge is 0.228 e. The molecule has 2 aliphatic rings. The lowest BCUT2D eigenvalue weighted by molar-refractivity contribution is -0.137. The summed E-state index contributed by atoms with van der Waals surface area (Å²) >= 11 is 0. The molecule has 2 amide bonds. The lowest BCUT2D eigenvalue weighted by Crippen LogP contribution is -2.43. The van der Waals surface area contributed by atoms with Crippen LogP contribution in [0.2, 0.25) is 0 Å². The van der Waals surface area contributed by atoms with E-state index >= 15 is 0 Å². The van der Waals surface area contributed by atoms with Gasteiger partial charge in [-0.3, -0.25) is 9.59 Å². The molecule has 0 aromatic heterocycles. The molecule has 3 rings (SSSR count). The standard InChI is InChI=1S/C20H26N2O3/c1-2-12-25-15-16-8-10-21(11-9-16)20(24)17-13-19(23)22(14-17)18-6-4-3-5-7-18/h2-7,16-17H,1,8-15H2. The molecule has 25 heavy (non-hydrogen) atoms. The van der Waals surface area contributed by atoms with E-state index in [9.17, 15) is 9.59 Å². The number of ether oxygens (including phenoxy) is 1. The molecule has 134 valence electrons. The predicted octanol–water partition coefficient (Wildman–Crippen LogP) is 2.48. The topological polar surface area (TPSA) is 49.9 Å². The summed E-state index contributed by atoms with van der Waals surface area (Å²) in [6, 6.07) is 9.59. The molecule has 2 aliphatic heterocycles. The highest BCUT2D eigenvalue weighted by atomic mass is 16.5. The molecule has 1 aromatic rings. The van der Waals surface area contributed by atoms with E-state index < -0.39 is 0 Å². The zero-order valence-corrected chi connectivity index (χ0v) is 14.6. The molecule has 0 aliphatic carbocycles. The first-order valence-electron chi connectivity index (χ1n) is 9.02. The van der Waals surface area contributed by atoms with E-state index in [1.807, 2.05) is 35.2 Å². The SMILES string of the molecule is C=CCOCC1CCN(C(=O)C2CC(=O)N(c3ccccc3)C2)CC1. The molecule has 0 saturated carbocycles. The van der Waals surface area contributed by atoms with E-state index in [1.165, 1.54) is 0 Å². The Morgan fingerprint density at radius 3 is 2.64 bits per heavy atom. The molecule has 0 bridgehead atoms. The van der Waals surface area contributed by atoms with Crippen LogP contribution in [0.3, 0.4) is 0 Å². The summed E-state index contributed by atoms with van der Waals surface area (Å²) in [4.78, 5) is 28.8. The summed E-state index contributed by atoms with van der Waals surface area (Å²) in [7, 11) is 0. The Kier molecular flexibility index (Phi) is 5.87. The monoisotopic (exact) mass is 342 g/mol. The van der Waals surface area contributed by atoms with Crippen LogP contribution in [0.5, 0.6) is 0 Å². The summed E-state index contributed by atoms with van der Waals surface area (Å²) in [5.74, 6) is 0.450. The van der Waals surface area contributed by atoms with E-state index in [1.54, 1.807) is 11.0 Å². The first kappa shape index (κ1) is 17.7. The Labute approximate surface area is 149 Å². The van der Waals surface area contributed by atoms with Gasteiger partial charge in [-0.2, -0.15) is 0 Å². The average Bonchev–Trinajstić information content (AvgIpc) is 3.04. The van der Waals surface area contributed by atoms with Gasteiger partial charge in [-0.1, -0.05) is 24.3 Å². The van der Waals surface area contributed by atoms with Crippen LogP contribution in [0.25, 0.3) is 0 Å². The van der Waals surface area contributed by atoms with Crippen molar-refractivity contribution in [2.75, 3.05) is 37.7 Å². The summed E-state index contributed by atoms with van der Waals surface area (Å²) in [5, 5.41) is 0. The Balaban J connectivity index is 1.51. The second-order valence-corrected chi connectivity index (χ2v) is 6.84. The Morgan fingerprint density at radius 1 is 1.24 bits per heavy atom. The highest BCUT2D eigenvalue weighted by molar-refractivity contribution is 6.00. The zero-order valence-electron chi connectivity index (χ0n) is 14.6. The van der Waals surface area contributed by atoms with Gasteiger partial charge in [0.05, 0.1) is 12.5 Å². The number of likely N-dealkylation sites (tertiary alicyclic amines) is 1. The summed E-state index contributed by atoms with van der Waals surface area (Å²) in [6.45, 7) is 6.98. The van der Waals surface area contributed by atoms with Crippen molar-refractivity contribution >= 4 is 17.5 Å². The fourth-order valence-corrected chi connectivity index (χ4v) is 3.63. The molecule has 5 heteroatoms. The Morgan fingerprint density at radius 2 is 1.96 bits per heavy atom. The number of rotatable bonds is 6. The van der Waals surface area contributed by atoms with Crippen molar-refractivity contribution in [1.82, 2.24) is 4.90 Å². The first-order chi connectivity index (χ1) is 12.2. The van der Waals surface area contributed by atoms with Crippen molar-refractivity contribution in [2.24, 2.45) is 11.8 Å². The molecule has 2 fully saturated rings. The minimum Gasteiger partial charge on any atom is -0.377 e. The van der Waals surface area contributed by atoms with Gasteiger partial charge in [-0.15, -0.1) is 6.58 Å². The van der Waals surface area contributed by atoms with E-state index in [2.05, 4.69) is 6.58 Å². The summed E-state index contributed by atoms with van der Waals surface area (Å²) in [6.07, 6.45) is 4.00. The minimum absolute atomic E-state index is 0.0391. The normalized spacial score (nSPS) is 21.6. The molecule has 0 N–H and O–H groups in total. The number of hydrogen-bond donors (Lipinski definition) is 0. The number of carbonyl (C=O) groups is 2. The van der Waals surface area contributed by atoms with Crippen molar-refractivity contribution in [2.45, 2.75) is 19.3 Å². The van der Waals surface area contributed by atoms with Crippen LogP contribution in [0.1, 0.15) is 19.3 Å². The van der Waals surface area contributed by atoms with Crippen molar-refractivity contribution in [3.05, 3.63) is 43.0 Å². The lowest BCUT2D eigenvalue weighted by Gasteiger charge is -2.33. The predicted molar refractivity (Wildman–Crippen MR) is 97.2 cm³/mol. The van der Waals surface area contributed by atoms with Crippen molar-refractivity contribution in [3.63, 3.8) is 0 Å². The molecular formula is C20H26N2O3. The van der Waals surface area contributed by atoms with Crippen LogP contribution < -0.4 is 4.90 Å². The fraction of sp³-hybridized carbons (Fsp3) is 0.500. The van der Waals surface area contributed by atoms with Gasteiger partial charge in [0.2, 0.25) is 11.8 Å². The van der Waals surface area contributed by atoms with Gasteiger partial charge in [0.25, 0.3) is 0 Å². The molecule has 5 nitrogen and oxygen atoms in total. The average molecular weight is 342 g/mol. The highest BCUT2D eigenvalue weighted by Gasteiger charge is 2.37. The number of nitrogens with zero attached hydrogens (tertiary/aromatic N) is 2. The number of carbonyl (C=O) groups excluding carboxylic acids is 2. The molecule has 1 unspecified atom stereocenters. The van der Waals surface area contributed by atoms with Gasteiger partial charge < -0.3 is 14.5 Å². The number of para-hydroxylation sites is 1. The quantitative estimate of drug-likeness (QED) is 0.589. The van der Waals surface area contributed by atoms with Crippen molar-refractivity contribution < 1.29 is 14.3 Å². The fourth-order valence-electron chi connectivity index (χ4n) is 3.63. The molecule has 0 radical (unpaired) electrons. The van der Waals surface area contributed by atoms with Gasteiger partial charge in [0.15, 0.2) is 0 Å². The Hall–Kier alpha value is -2.14. The van der Waals surface area contributed by atoms with E-state index in [0.717, 1.165) is 38.2 Å². The molecule has 1 aromatic carbocycles. The van der Waals surface area contributed by atoms with Crippen LogP contribution in [-0.2, 0) is 14.3 Å². The van der Waals surface area contributed by atoms with Gasteiger partial charge in [0, 0.05) is 38.3 Å². The van der Waals surface area contributed by atoms with Crippen LogP contribution >= 0.6 is 0 Å². The van der Waals surface area contributed by atoms with Crippen LogP contribution in [0.4, 0.5) is 5.69 Å². The maximum absolute atomic E-state index is 12.8. The van der Waals surface area contributed by atoms with Crippen LogP contribution in [-0.4, -0.2) is 49.6 Å². The van der Waals surface area contributed by atoms with Crippen LogP contribution in [0, 0.1) is 11.8 Å². The molecule has 1 atom stereocenters. The minimum atomic E-state index is -0.221. The second kappa shape index (κ2) is 8.30. The van der Waals surface area contributed by atoms with E-state index in [4.69, 9.17) is 4.74 Å². The van der Waals surface area contributed by atoms with Gasteiger partial charge in [-0.25, -0.2) is 0 Å². The van der Waals surface area contributed by atoms with Gasteiger partial charge in [-0.05, 0) is 30.9 Å². The van der Waals surface area contributed by atoms with E-state index in [-0.39, 0.29) is 17.7 Å². The third-order valence-electron chi connectivity index (χ3n) is 5.06. The largest absolute Gasteiger partial charge is 0.377 e. The number of anilines is 1. The van der Waals surface area contributed by atoms with Crippen molar-refractivity contribution in [3.8, 4) is 0 Å². The molecule has 2 heterocycles. The second-order valence-electron chi connectivity index (χ2n) is 6.84. The van der Waals surface area contributed by atoms with Crippen molar-refractivity contribution in [1.29, 1.82) is 0 Å². The summed E-state index contributed by atoms with van der Waals surface area (Å²) < 4.78 is 5.52. The molecule has 0 spiro atoms. The van der Waals surface area contributed by atoms with Crippen LogP contribution in [0.15, 0.2) is 43.0 Å². The molecular weight excluding hydrogens is 316 g/mol. The third-order valence-corrected chi connectivity index (χ3v) is 5.06. The number of benzene rings is 1. The third kappa shape index (κ3) is 4.28. The van der Waals surface area contributed by atoms with E-state index in [0.29, 0.717) is 25.5 Å². The van der Waals surface area contributed by atoms with Gasteiger partial charge >= 0.3 is 0 Å². The maximum atomic E-state index is 12.8. The number of amides is 2. The molecule has 2 saturated heterocycles. The number of piperidine rings is 1.